The predicted octanol–water partition coefficient (Wildman–Crippen LogP) is 7.08. The fourth-order valence-electron chi connectivity index (χ4n) is 3.58. The van der Waals surface area contributed by atoms with Crippen LogP contribution in [0.1, 0.15) is 35.5 Å². The minimum Gasteiger partial charge on any atom is -0.370 e. The first-order valence-corrected chi connectivity index (χ1v) is 13.2. The maximum Gasteiger partial charge on any atom is 0.125 e. The Hall–Kier alpha value is -1.86. The molecule has 0 radical (unpaired) electrons. The zero-order valence-electron chi connectivity index (χ0n) is 17.6. The van der Waals surface area contributed by atoms with E-state index in [9.17, 15) is 0 Å². The minimum atomic E-state index is -0.164. The third-order valence-corrected chi connectivity index (χ3v) is 8.63. The summed E-state index contributed by atoms with van der Waals surface area (Å²) in [6.45, 7) is 4.92. The second-order valence-electron chi connectivity index (χ2n) is 8.26. The molecule has 158 valence electrons. The molecule has 2 aromatic carbocycles. The summed E-state index contributed by atoms with van der Waals surface area (Å²) in [4.78, 5) is 12.6. The summed E-state index contributed by atoms with van der Waals surface area (Å²) in [5.74, 6) is 1.80. The van der Waals surface area contributed by atoms with Gasteiger partial charge in [0, 0.05) is 17.9 Å². The van der Waals surface area contributed by atoms with Gasteiger partial charge in [-0.15, -0.1) is 23.1 Å². The fraction of sp³-hybridized carbons (Fsp3) is 0.280. The summed E-state index contributed by atoms with van der Waals surface area (Å²) in [7, 11) is 0. The lowest BCUT2D eigenvalue weighted by molar-refractivity contribution is -0.0395. The number of fused-ring (bicyclic) bond motifs is 2. The molecule has 0 unspecified atom stereocenters. The molecule has 3 aliphatic heterocycles. The predicted molar refractivity (Wildman–Crippen MR) is 131 cm³/mol. The first-order valence-electron chi connectivity index (χ1n) is 10.4. The van der Waals surface area contributed by atoms with Crippen molar-refractivity contribution >= 4 is 34.9 Å². The third-order valence-electron chi connectivity index (χ3n) is 5.23. The minimum absolute atomic E-state index is 0.164. The van der Waals surface area contributed by atoms with Gasteiger partial charge in [0.2, 0.25) is 0 Å². The summed E-state index contributed by atoms with van der Waals surface area (Å²) in [6.07, 6.45) is 0.842. The Balaban J connectivity index is 1.48. The van der Waals surface area contributed by atoms with E-state index in [1.165, 1.54) is 26.6 Å². The molecule has 3 aliphatic rings. The van der Waals surface area contributed by atoms with Gasteiger partial charge >= 0.3 is 0 Å². The SMILES string of the molecule is CC1(C)Cc2nc3c(SCc4ccccc4)nc(SCc4ccccc4)c-3sc2CO1. The molecular formula is C25H24N2OS3. The van der Waals surface area contributed by atoms with E-state index < -0.39 is 0 Å². The maximum atomic E-state index is 6.06. The average Bonchev–Trinajstić information content (AvgIpc) is 3.12. The molecule has 0 atom stereocenters. The fourth-order valence-corrected chi connectivity index (χ4v) is 6.79. The van der Waals surface area contributed by atoms with Crippen molar-refractivity contribution in [1.29, 1.82) is 0 Å². The lowest BCUT2D eigenvalue weighted by Gasteiger charge is -2.31. The molecule has 5 rings (SSSR count). The molecule has 3 heterocycles. The van der Waals surface area contributed by atoms with Crippen LogP contribution in [0.2, 0.25) is 0 Å². The molecule has 0 saturated carbocycles. The maximum absolute atomic E-state index is 6.06. The van der Waals surface area contributed by atoms with Gasteiger partial charge in [-0.2, -0.15) is 0 Å². The Morgan fingerprint density at radius 3 is 2.13 bits per heavy atom. The number of aromatic nitrogens is 2. The van der Waals surface area contributed by atoms with Crippen LogP contribution >= 0.6 is 34.9 Å². The van der Waals surface area contributed by atoms with Crippen LogP contribution in [-0.2, 0) is 29.3 Å². The number of thioether (sulfide) groups is 2. The molecule has 0 aliphatic carbocycles. The molecule has 3 nitrogen and oxygen atoms in total. The van der Waals surface area contributed by atoms with Gasteiger partial charge in [-0.25, -0.2) is 9.97 Å². The first-order chi connectivity index (χ1) is 15.1. The molecule has 0 spiro atoms. The highest BCUT2D eigenvalue weighted by atomic mass is 32.2. The number of benzene rings is 2. The van der Waals surface area contributed by atoms with E-state index in [-0.39, 0.29) is 5.60 Å². The molecule has 0 amide bonds. The van der Waals surface area contributed by atoms with Crippen molar-refractivity contribution in [2.45, 2.75) is 54.0 Å². The van der Waals surface area contributed by atoms with E-state index in [0.717, 1.165) is 33.7 Å². The van der Waals surface area contributed by atoms with E-state index in [0.29, 0.717) is 6.61 Å². The van der Waals surface area contributed by atoms with Crippen molar-refractivity contribution < 1.29 is 4.74 Å². The van der Waals surface area contributed by atoms with Crippen LogP contribution < -0.4 is 0 Å². The van der Waals surface area contributed by atoms with Crippen molar-refractivity contribution in [2.75, 3.05) is 0 Å². The topological polar surface area (TPSA) is 35.0 Å². The zero-order chi connectivity index (χ0) is 21.3. The molecule has 31 heavy (non-hydrogen) atoms. The second kappa shape index (κ2) is 8.94. The molecule has 0 saturated heterocycles. The Kier molecular flexibility index (Phi) is 6.06. The molecule has 0 N–H and O–H groups in total. The largest absolute Gasteiger partial charge is 0.370 e. The van der Waals surface area contributed by atoms with Gasteiger partial charge in [-0.3, -0.25) is 0 Å². The van der Waals surface area contributed by atoms with Crippen LogP contribution in [0.4, 0.5) is 0 Å². The molecular weight excluding hydrogens is 440 g/mol. The van der Waals surface area contributed by atoms with Crippen molar-refractivity contribution in [3.8, 4) is 10.6 Å². The van der Waals surface area contributed by atoms with Crippen molar-refractivity contribution in [2.24, 2.45) is 0 Å². The van der Waals surface area contributed by atoms with Gasteiger partial charge in [-0.05, 0) is 25.0 Å². The second-order valence-corrected chi connectivity index (χ2v) is 11.3. The van der Waals surface area contributed by atoms with E-state index in [1.54, 1.807) is 23.5 Å². The van der Waals surface area contributed by atoms with Crippen molar-refractivity contribution in [3.05, 3.63) is 82.4 Å². The van der Waals surface area contributed by atoms with E-state index >= 15 is 0 Å². The number of hydrogen-bond donors (Lipinski definition) is 0. The molecule has 0 aromatic heterocycles. The first kappa shape index (κ1) is 21.0. The number of rotatable bonds is 6. The average molecular weight is 465 g/mol. The normalized spacial score (nSPS) is 15.2. The summed E-state index contributed by atoms with van der Waals surface area (Å²) in [5, 5.41) is 2.12. The molecule has 6 heteroatoms. The highest BCUT2D eigenvalue weighted by Crippen LogP contribution is 2.45. The molecule has 0 fully saturated rings. The van der Waals surface area contributed by atoms with Gasteiger partial charge in [0.1, 0.15) is 15.7 Å². The summed E-state index contributed by atoms with van der Waals surface area (Å²) in [6, 6.07) is 21.1. The van der Waals surface area contributed by atoms with Crippen LogP contribution in [0.25, 0.3) is 10.6 Å². The lowest BCUT2D eigenvalue weighted by Crippen LogP contribution is -2.32. The van der Waals surface area contributed by atoms with E-state index in [2.05, 4.69) is 74.5 Å². The van der Waals surface area contributed by atoms with Gasteiger partial charge in [0.15, 0.2) is 0 Å². The van der Waals surface area contributed by atoms with E-state index in [1.807, 2.05) is 11.3 Å². The Labute approximate surface area is 196 Å². The number of nitrogens with zero attached hydrogens (tertiary/aromatic N) is 2. The summed E-state index contributed by atoms with van der Waals surface area (Å²) < 4.78 is 6.06. The van der Waals surface area contributed by atoms with Crippen LogP contribution in [0.5, 0.6) is 0 Å². The number of ether oxygens (including phenoxy) is 1. The van der Waals surface area contributed by atoms with Crippen molar-refractivity contribution in [3.63, 3.8) is 0 Å². The highest BCUT2D eigenvalue weighted by molar-refractivity contribution is 7.99. The van der Waals surface area contributed by atoms with E-state index in [4.69, 9.17) is 14.7 Å². The standard InChI is InChI=1S/C25H24N2OS3/c1-25(2)13-19-20(14-28-25)31-22-21(26-19)23(29-15-17-9-5-3-6-10-17)27-24(22)30-16-18-11-7-4-8-12-18/h3-12H,13-16H2,1-2H3. The van der Waals surface area contributed by atoms with Gasteiger partial charge in [-0.1, -0.05) is 72.4 Å². The molecule has 0 bridgehead atoms. The van der Waals surface area contributed by atoms with Crippen LogP contribution in [-0.4, -0.2) is 15.6 Å². The smallest absolute Gasteiger partial charge is 0.125 e. The zero-order valence-corrected chi connectivity index (χ0v) is 20.1. The lowest BCUT2D eigenvalue weighted by atomic mass is 9.99. The van der Waals surface area contributed by atoms with Gasteiger partial charge in [0.05, 0.1) is 27.7 Å². The van der Waals surface area contributed by atoms with Crippen LogP contribution in [0, 0.1) is 0 Å². The Bertz CT molecular complexity index is 1140. The van der Waals surface area contributed by atoms with Crippen molar-refractivity contribution in [1.82, 2.24) is 9.97 Å². The molecule has 2 aromatic rings. The van der Waals surface area contributed by atoms with Crippen LogP contribution in [0.3, 0.4) is 0 Å². The Morgan fingerprint density at radius 1 is 0.871 bits per heavy atom. The number of hydrogen-bond acceptors (Lipinski definition) is 6. The monoisotopic (exact) mass is 464 g/mol. The summed E-state index contributed by atoms with van der Waals surface area (Å²) >= 11 is 5.40. The highest BCUT2D eigenvalue weighted by Gasteiger charge is 2.31. The van der Waals surface area contributed by atoms with Gasteiger partial charge in [0.25, 0.3) is 0 Å². The summed E-state index contributed by atoms with van der Waals surface area (Å²) in [5.41, 5.74) is 4.67. The Morgan fingerprint density at radius 2 is 1.48 bits per heavy atom. The quantitative estimate of drug-likeness (QED) is 0.285. The third kappa shape index (κ3) is 4.82. The van der Waals surface area contributed by atoms with Crippen LogP contribution in [0.15, 0.2) is 70.7 Å². The van der Waals surface area contributed by atoms with Gasteiger partial charge < -0.3 is 4.74 Å².